The molecule has 1 aromatic carbocycles. The van der Waals surface area contributed by atoms with Gasteiger partial charge in [0.15, 0.2) is 16.2 Å². The molecule has 96 valence electrons. The van der Waals surface area contributed by atoms with Gasteiger partial charge in [0.2, 0.25) is 5.89 Å². The van der Waals surface area contributed by atoms with Gasteiger partial charge in [0, 0.05) is 24.9 Å². The molecule has 0 bridgehead atoms. The Balaban J connectivity index is 1.91. The first-order valence-electron chi connectivity index (χ1n) is 5.35. The van der Waals surface area contributed by atoms with E-state index >= 15 is 0 Å². The van der Waals surface area contributed by atoms with E-state index in [0.717, 1.165) is 5.69 Å². The van der Waals surface area contributed by atoms with Gasteiger partial charge in [-0.3, -0.25) is 0 Å². The van der Waals surface area contributed by atoms with E-state index in [0.29, 0.717) is 23.8 Å². The van der Waals surface area contributed by atoms with E-state index in [9.17, 15) is 8.42 Å². The van der Waals surface area contributed by atoms with Crippen LogP contribution in [0.3, 0.4) is 0 Å². The van der Waals surface area contributed by atoms with Crippen molar-refractivity contribution in [2.24, 2.45) is 0 Å². The predicted octanol–water partition coefficient (Wildman–Crippen LogP) is 1.13. The van der Waals surface area contributed by atoms with Crippen LogP contribution < -0.4 is 5.32 Å². The smallest absolute Gasteiger partial charge is 0.228 e. The maximum Gasteiger partial charge on any atom is 0.228 e. The van der Waals surface area contributed by atoms with Crippen molar-refractivity contribution in [2.45, 2.75) is 11.3 Å². The lowest BCUT2D eigenvalue weighted by Crippen LogP contribution is -2.05. The molecule has 2 rings (SSSR count). The fourth-order valence-corrected chi connectivity index (χ4v) is 2.07. The van der Waals surface area contributed by atoms with E-state index in [1.807, 2.05) is 0 Å². The van der Waals surface area contributed by atoms with Crippen LogP contribution in [-0.4, -0.2) is 31.4 Å². The zero-order valence-corrected chi connectivity index (χ0v) is 10.6. The van der Waals surface area contributed by atoms with Crippen molar-refractivity contribution in [1.29, 1.82) is 0 Å². The molecule has 0 saturated heterocycles. The minimum absolute atomic E-state index is 0.310. The Kier molecular flexibility index (Phi) is 3.61. The van der Waals surface area contributed by atoms with Gasteiger partial charge in [-0.15, -0.1) is 0 Å². The van der Waals surface area contributed by atoms with Crippen LogP contribution in [-0.2, 0) is 16.3 Å². The first-order chi connectivity index (χ1) is 8.55. The molecule has 7 heteroatoms. The third-order valence-electron chi connectivity index (χ3n) is 2.36. The normalized spacial score (nSPS) is 11.4. The van der Waals surface area contributed by atoms with Gasteiger partial charge in [0.05, 0.1) is 4.90 Å². The summed E-state index contributed by atoms with van der Waals surface area (Å²) in [7, 11) is -3.14. The molecule has 1 N–H and O–H groups in total. The molecule has 0 fully saturated rings. The van der Waals surface area contributed by atoms with Gasteiger partial charge in [-0.2, -0.15) is 4.98 Å². The van der Waals surface area contributed by atoms with Crippen molar-refractivity contribution in [3.63, 3.8) is 0 Å². The summed E-state index contributed by atoms with van der Waals surface area (Å²) in [5, 5.41) is 6.64. The van der Waals surface area contributed by atoms with Crippen LogP contribution in [0.15, 0.2) is 40.0 Å². The molecule has 0 unspecified atom stereocenters. The maximum absolute atomic E-state index is 11.3. The number of hydrogen-bond donors (Lipinski definition) is 1. The summed E-state index contributed by atoms with van der Waals surface area (Å²) in [4.78, 5) is 4.21. The van der Waals surface area contributed by atoms with E-state index in [-0.39, 0.29) is 0 Å². The van der Waals surface area contributed by atoms with Crippen molar-refractivity contribution in [1.82, 2.24) is 10.1 Å². The molecule has 0 saturated carbocycles. The topological polar surface area (TPSA) is 85.1 Å². The molecule has 18 heavy (non-hydrogen) atoms. The third-order valence-corrected chi connectivity index (χ3v) is 3.49. The lowest BCUT2D eigenvalue weighted by atomic mass is 10.3. The number of rotatable bonds is 5. The molecule has 0 aliphatic heterocycles. The van der Waals surface area contributed by atoms with E-state index in [1.165, 1.54) is 12.6 Å². The summed E-state index contributed by atoms with van der Waals surface area (Å²) in [6.45, 7) is 0.639. The van der Waals surface area contributed by atoms with Gasteiger partial charge in [-0.1, -0.05) is 5.16 Å². The second-order valence-electron chi connectivity index (χ2n) is 3.81. The van der Waals surface area contributed by atoms with Crippen LogP contribution >= 0.6 is 0 Å². The van der Waals surface area contributed by atoms with Crippen molar-refractivity contribution in [3.05, 3.63) is 36.5 Å². The Labute approximate surface area is 105 Å². The second kappa shape index (κ2) is 5.18. The highest BCUT2D eigenvalue weighted by Gasteiger charge is 2.06. The average Bonchev–Trinajstić information content (AvgIpc) is 2.82. The number of benzene rings is 1. The summed E-state index contributed by atoms with van der Waals surface area (Å²) < 4.78 is 27.4. The fraction of sp³-hybridized carbons (Fsp3) is 0.273. The lowest BCUT2D eigenvalue weighted by Gasteiger charge is -2.05. The Morgan fingerprint density at radius 3 is 2.56 bits per heavy atom. The van der Waals surface area contributed by atoms with Crippen molar-refractivity contribution in [2.75, 3.05) is 18.1 Å². The molecule has 0 aliphatic rings. The van der Waals surface area contributed by atoms with Gasteiger partial charge < -0.3 is 9.84 Å². The van der Waals surface area contributed by atoms with Crippen LogP contribution in [0.2, 0.25) is 0 Å². The number of nitrogens with one attached hydrogen (secondary N) is 1. The molecular formula is C11H13N3O3S. The Hall–Kier alpha value is -1.89. The predicted molar refractivity (Wildman–Crippen MR) is 66.0 cm³/mol. The van der Waals surface area contributed by atoms with Crippen LogP contribution in [0.5, 0.6) is 0 Å². The molecule has 0 spiro atoms. The summed E-state index contributed by atoms with van der Waals surface area (Å²) in [5.74, 6) is 0.565. The van der Waals surface area contributed by atoms with Gasteiger partial charge in [0.25, 0.3) is 0 Å². The number of hydrogen-bond acceptors (Lipinski definition) is 6. The highest BCUT2D eigenvalue weighted by molar-refractivity contribution is 7.90. The maximum atomic E-state index is 11.3. The number of anilines is 1. The summed E-state index contributed by atoms with van der Waals surface area (Å²) in [6, 6.07) is 6.60. The van der Waals surface area contributed by atoms with E-state index in [4.69, 9.17) is 4.52 Å². The van der Waals surface area contributed by atoms with E-state index < -0.39 is 9.84 Å². The average molecular weight is 267 g/mol. The third kappa shape index (κ3) is 3.30. The molecule has 2 aromatic rings. The largest absolute Gasteiger partial charge is 0.385 e. The minimum Gasteiger partial charge on any atom is -0.385 e. The standard InChI is InChI=1S/C11H13N3O3S/c1-18(15,16)10-4-2-9(3-5-10)12-7-6-11-13-8-14-17-11/h2-5,8,12H,6-7H2,1H3. The zero-order valence-electron chi connectivity index (χ0n) is 9.83. The Bertz CT molecular complexity index is 591. The van der Waals surface area contributed by atoms with Crippen molar-refractivity contribution in [3.8, 4) is 0 Å². The molecule has 1 aromatic heterocycles. The van der Waals surface area contributed by atoms with Crippen molar-refractivity contribution < 1.29 is 12.9 Å². The van der Waals surface area contributed by atoms with E-state index in [1.54, 1.807) is 24.3 Å². The van der Waals surface area contributed by atoms with Crippen molar-refractivity contribution >= 4 is 15.5 Å². The van der Waals surface area contributed by atoms with Gasteiger partial charge in [-0.05, 0) is 24.3 Å². The molecule has 6 nitrogen and oxygen atoms in total. The quantitative estimate of drug-likeness (QED) is 0.874. The number of nitrogens with zero attached hydrogens (tertiary/aromatic N) is 2. The molecule has 0 atom stereocenters. The SMILES string of the molecule is CS(=O)(=O)c1ccc(NCCc2ncno2)cc1. The van der Waals surface area contributed by atoms with Crippen LogP contribution in [0.4, 0.5) is 5.69 Å². The highest BCUT2D eigenvalue weighted by atomic mass is 32.2. The zero-order chi connectivity index (χ0) is 13.0. The Morgan fingerprint density at radius 1 is 1.28 bits per heavy atom. The van der Waals surface area contributed by atoms with Crippen LogP contribution in [0.25, 0.3) is 0 Å². The van der Waals surface area contributed by atoms with Crippen LogP contribution in [0.1, 0.15) is 5.89 Å². The minimum atomic E-state index is -3.14. The highest BCUT2D eigenvalue weighted by Crippen LogP contribution is 2.13. The van der Waals surface area contributed by atoms with Gasteiger partial charge >= 0.3 is 0 Å². The Morgan fingerprint density at radius 2 is 2.00 bits per heavy atom. The summed E-state index contributed by atoms with van der Waals surface area (Å²) in [6.07, 6.45) is 3.16. The first kappa shape index (κ1) is 12.6. The van der Waals surface area contributed by atoms with Gasteiger partial charge in [-0.25, -0.2) is 8.42 Å². The monoisotopic (exact) mass is 267 g/mol. The van der Waals surface area contributed by atoms with E-state index in [2.05, 4.69) is 15.5 Å². The van der Waals surface area contributed by atoms with Crippen LogP contribution in [0, 0.1) is 0 Å². The molecule has 1 heterocycles. The summed E-state index contributed by atoms with van der Waals surface area (Å²) in [5.41, 5.74) is 0.849. The molecule has 0 aliphatic carbocycles. The molecular weight excluding hydrogens is 254 g/mol. The summed E-state index contributed by atoms with van der Waals surface area (Å²) >= 11 is 0. The van der Waals surface area contributed by atoms with Gasteiger partial charge in [0.1, 0.15) is 0 Å². The second-order valence-corrected chi connectivity index (χ2v) is 5.82. The molecule has 0 amide bonds. The lowest BCUT2D eigenvalue weighted by molar-refractivity contribution is 0.380. The molecule has 0 radical (unpaired) electrons. The first-order valence-corrected chi connectivity index (χ1v) is 7.24. The number of aromatic nitrogens is 2. The fourth-order valence-electron chi connectivity index (χ4n) is 1.44. The number of sulfone groups is 1.